The zero-order valence-corrected chi connectivity index (χ0v) is 13.4. The fourth-order valence-electron chi connectivity index (χ4n) is 3.73. The number of benzene rings is 1. The minimum absolute atomic E-state index is 0.0503. The molecule has 1 heterocycles. The molecule has 4 rings (SSSR count). The predicted octanol–water partition coefficient (Wildman–Crippen LogP) is 3.63. The first kappa shape index (κ1) is 13.5. The van der Waals surface area contributed by atoms with Gasteiger partial charge in [-0.25, -0.2) is 4.98 Å². The van der Waals surface area contributed by atoms with Gasteiger partial charge in [-0.15, -0.1) is 11.3 Å². The summed E-state index contributed by atoms with van der Waals surface area (Å²) in [7, 11) is 0. The lowest BCUT2D eigenvalue weighted by atomic mass is 9.96. The number of nitrogens with one attached hydrogen (secondary N) is 1. The van der Waals surface area contributed by atoms with Crippen LogP contribution in [-0.4, -0.2) is 11.5 Å². The normalized spacial score (nSPS) is 18.7. The lowest BCUT2D eigenvalue weighted by Crippen LogP contribution is -2.43. The van der Waals surface area contributed by atoms with Crippen LogP contribution in [0.15, 0.2) is 24.3 Å². The van der Waals surface area contributed by atoms with Gasteiger partial charge in [0.25, 0.3) is 0 Å². The Hall–Kier alpha value is -1.19. The molecule has 1 aromatic heterocycles. The third kappa shape index (κ3) is 2.23. The Balaban J connectivity index is 1.72. The predicted molar refractivity (Wildman–Crippen MR) is 88.0 cm³/mol. The fraction of sp³-hybridized carbons (Fsp3) is 0.500. The van der Waals surface area contributed by atoms with Crippen molar-refractivity contribution in [3.8, 4) is 0 Å². The highest BCUT2D eigenvalue weighted by Crippen LogP contribution is 2.41. The average molecular weight is 298 g/mol. The van der Waals surface area contributed by atoms with Crippen LogP contribution < -0.4 is 5.32 Å². The minimum Gasteiger partial charge on any atom is -0.305 e. The zero-order valence-electron chi connectivity index (χ0n) is 12.6. The number of aryl methyl sites for hydroxylation is 2. The molecule has 0 saturated carbocycles. The Labute approximate surface area is 130 Å². The number of hydrogen-bond acceptors (Lipinski definition) is 3. The van der Waals surface area contributed by atoms with Crippen molar-refractivity contribution in [2.75, 3.05) is 6.54 Å². The molecular weight excluding hydrogens is 276 g/mol. The molecule has 3 heteroatoms. The van der Waals surface area contributed by atoms with Crippen molar-refractivity contribution in [2.45, 2.75) is 51.0 Å². The number of aromatic nitrogens is 1. The van der Waals surface area contributed by atoms with Crippen LogP contribution in [0.5, 0.6) is 0 Å². The van der Waals surface area contributed by atoms with Crippen molar-refractivity contribution < 1.29 is 0 Å². The van der Waals surface area contributed by atoms with Crippen molar-refractivity contribution >= 4 is 11.3 Å². The van der Waals surface area contributed by atoms with Crippen molar-refractivity contribution in [2.24, 2.45) is 0 Å². The molecule has 2 nitrogen and oxygen atoms in total. The second-order valence-electron chi connectivity index (χ2n) is 6.37. The van der Waals surface area contributed by atoms with E-state index in [0.29, 0.717) is 0 Å². The topological polar surface area (TPSA) is 24.9 Å². The van der Waals surface area contributed by atoms with E-state index in [0.717, 1.165) is 19.4 Å². The zero-order chi connectivity index (χ0) is 14.3. The maximum Gasteiger partial charge on any atom is 0.114 e. The molecule has 0 fully saturated rings. The summed E-state index contributed by atoms with van der Waals surface area (Å²) >= 11 is 1.97. The van der Waals surface area contributed by atoms with E-state index >= 15 is 0 Å². The number of fused-ring (bicyclic) bond motifs is 2. The van der Waals surface area contributed by atoms with Crippen LogP contribution in [0.4, 0.5) is 0 Å². The van der Waals surface area contributed by atoms with Gasteiger partial charge in [-0.1, -0.05) is 31.2 Å². The molecule has 1 N–H and O–H groups in total. The first-order valence-electron chi connectivity index (χ1n) is 8.11. The number of rotatable bonds is 4. The van der Waals surface area contributed by atoms with Crippen LogP contribution in [-0.2, 0) is 31.2 Å². The molecule has 0 bridgehead atoms. The van der Waals surface area contributed by atoms with E-state index in [1.165, 1.54) is 47.5 Å². The number of hydrogen-bond donors (Lipinski definition) is 1. The van der Waals surface area contributed by atoms with E-state index in [1.54, 1.807) is 4.88 Å². The molecule has 0 saturated heterocycles. The van der Waals surface area contributed by atoms with Crippen molar-refractivity contribution in [1.29, 1.82) is 0 Å². The van der Waals surface area contributed by atoms with E-state index in [4.69, 9.17) is 4.98 Å². The van der Waals surface area contributed by atoms with Crippen LogP contribution in [0, 0.1) is 0 Å². The first-order chi connectivity index (χ1) is 10.3. The average Bonchev–Trinajstić information content (AvgIpc) is 3.16. The molecule has 0 radical (unpaired) electrons. The van der Waals surface area contributed by atoms with Gasteiger partial charge in [0, 0.05) is 4.88 Å². The van der Waals surface area contributed by atoms with E-state index in [-0.39, 0.29) is 5.54 Å². The van der Waals surface area contributed by atoms with Gasteiger partial charge >= 0.3 is 0 Å². The van der Waals surface area contributed by atoms with Crippen LogP contribution in [0.25, 0.3) is 0 Å². The summed E-state index contributed by atoms with van der Waals surface area (Å²) in [6.07, 6.45) is 7.07. The van der Waals surface area contributed by atoms with Gasteiger partial charge in [0.05, 0.1) is 11.2 Å². The maximum atomic E-state index is 5.04. The molecule has 2 aliphatic carbocycles. The molecule has 2 aromatic rings. The fourth-order valence-corrected chi connectivity index (χ4v) is 5.04. The smallest absolute Gasteiger partial charge is 0.114 e. The Morgan fingerprint density at radius 2 is 1.95 bits per heavy atom. The van der Waals surface area contributed by atoms with Gasteiger partial charge in [-0.3, -0.25) is 0 Å². The van der Waals surface area contributed by atoms with Gasteiger partial charge in [-0.2, -0.15) is 0 Å². The van der Waals surface area contributed by atoms with E-state index < -0.39 is 0 Å². The largest absolute Gasteiger partial charge is 0.305 e. The quantitative estimate of drug-likeness (QED) is 0.932. The third-order valence-corrected chi connectivity index (χ3v) is 6.18. The Bertz CT molecular complexity index is 612. The second-order valence-corrected chi connectivity index (χ2v) is 7.46. The highest BCUT2D eigenvalue weighted by molar-refractivity contribution is 7.12. The second kappa shape index (κ2) is 5.22. The molecule has 21 heavy (non-hydrogen) atoms. The van der Waals surface area contributed by atoms with Gasteiger partial charge in [0.1, 0.15) is 5.01 Å². The number of nitrogens with zero attached hydrogens (tertiary/aromatic N) is 1. The van der Waals surface area contributed by atoms with Gasteiger partial charge in [0.15, 0.2) is 0 Å². The molecule has 0 aliphatic heterocycles. The summed E-state index contributed by atoms with van der Waals surface area (Å²) in [5, 5.41) is 5.18. The molecule has 1 aromatic carbocycles. The molecule has 0 atom stereocenters. The highest BCUT2D eigenvalue weighted by atomic mass is 32.1. The van der Waals surface area contributed by atoms with Crippen LogP contribution >= 0.6 is 11.3 Å². The van der Waals surface area contributed by atoms with Crippen LogP contribution in [0.2, 0.25) is 0 Å². The highest BCUT2D eigenvalue weighted by Gasteiger charge is 2.41. The molecule has 2 aliphatic rings. The van der Waals surface area contributed by atoms with Gasteiger partial charge in [0.2, 0.25) is 0 Å². The first-order valence-corrected chi connectivity index (χ1v) is 8.93. The molecule has 0 unspecified atom stereocenters. The van der Waals surface area contributed by atoms with Crippen molar-refractivity contribution in [3.63, 3.8) is 0 Å². The lowest BCUT2D eigenvalue weighted by molar-refractivity contribution is 0.348. The van der Waals surface area contributed by atoms with E-state index in [2.05, 4.69) is 36.5 Å². The Morgan fingerprint density at radius 1 is 1.19 bits per heavy atom. The SMILES string of the molecule is CCCNC1(c2nc3c(s2)CCC3)Cc2ccccc2C1. The molecule has 110 valence electrons. The standard InChI is InChI=1S/C18H22N2S/c1-2-10-19-18(11-13-6-3-4-7-14(13)12-18)17-20-15-8-5-9-16(15)21-17/h3-4,6-7,19H,2,5,8-12H2,1H3. The summed E-state index contributed by atoms with van der Waals surface area (Å²) in [6, 6.07) is 8.89. The third-order valence-electron chi connectivity index (χ3n) is 4.82. The summed E-state index contributed by atoms with van der Waals surface area (Å²) in [6.45, 7) is 3.31. The van der Waals surface area contributed by atoms with Crippen molar-refractivity contribution in [1.82, 2.24) is 10.3 Å². The summed E-state index contributed by atoms with van der Waals surface area (Å²) in [5.74, 6) is 0. The van der Waals surface area contributed by atoms with Gasteiger partial charge < -0.3 is 5.32 Å². The van der Waals surface area contributed by atoms with E-state index in [9.17, 15) is 0 Å². The number of thiazole rings is 1. The molecular formula is C18H22N2S. The molecule has 0 amide bonds. The van der Waals surface area contributed by atoms with Crippen molar-refractivity contribution in [3.05, 3.63) is 51.0 Å². The maximum absolute atomic E-state index is 5.04. The molecule has 0 spiro atoms. The summed E-state index contributed by atoms with van der Waals surface area (Å²) in [5.41, 5.74) is 4.42. The van der Waals surface area contributed by atoms with Crippen LogP contribution in [0.1, 0.15) is 46.5 Å². The lowest BCUT2D eigenvalue weighted by Gasteiger charge is -2.28. The van der Waals surface area contributed by atoms with Crippen LogP contribution in [0.3, 0.4) is 0 Å². The summed E-state index contributed by atoms with van der Waals surface area (Å²) in [4.78, 5) is 6.58. The minimum atomic E-state index is 0.0503. The summed E-state index contributed by atoms with van der Waals surface area (Å²) < 4.78 is 0. The van der Waals surface area contributed by atoms with E-state index in [1.807, 2.05) is 11.3 Å². The Morgan fingerprint density at radius 3 is 2.62 bits per heavy atom. The van der Waals surface area contributed by atoms with Gasteiger partial charge in [-0.05, 0) is 56.2 Å². The Kier molecular flexibility index (Phi) is 3.35. The monoisotopic (exact) mass is 298 g/mol.